The maximum Gasteiger partial charge on any atom is 0.329 e. The molecule has 100 valence electrons. The lowest BCUT2D eigenvalue weighted by molar-refractivity contribution is -0.145. The highest BCUT2D eigenvalue weighted by Crippen LogP contribution is 1.94. The first-order chi connectivity index (χ1) is 7.86. The SMILES string of the molecule is COC(=O)C(CN(C)CCN(C)C)NC(C)=O. The highest BCUT2D eigenvalue weighted by atomic mass is 16.5. The molecule has 0 saturated heterocycles. The molecule has 1 atom stereocenters. The van der Waals surface area contributed by atoms with Gasteiger partial charge in [-0.1, -0.05) is 0 Å². The van der Waals surface area contributed by atoms with Crippen molar-refractivity contribution >= 4 is 11.9 Å². The van der Waals surface area contributed by atoms with Crippen LogP contribution in [0.1, 0.15) is 6.92 Å². The van der Waals surface area contributed by atoms with Crippen LogP contribution in [0.4, 0.5) is 0 Å². The Morgan fingerprint density at radius 1 is 1.24 bits per heavy atom. The number of hydrogen-bond acceptors (Lipinski definition) is 5. The van der Waals surface area contributed by atoms with E-state index in [2.05, 4.69) is 15.0 Å². The van der Waals surface area contributed by atoms with Gasteiger partial charge in [0.1, 0.15) is 6.04 Å². The van der Waals surface area contributed by atoms with Crippen LogP contribution in [0.25, 0.3) is 0 Å². The molecule has 17 heavy (non-hydrogen) atoms. The summed E-state index contributed by atoms with van der Waals surface area (Å²) in [6, 6.07) is -0.607. The second kappa shape index (κ2) is 8.03. The van der Waals surface area contributed by atoms with Crippen molar-refractivity contribution in [3.8, 4) is 0 Å². The number of ether oxygens (including phenoxy) is 1. The molecule has 0 aliphatic carbocycles. The predicted molar refractivity (Wildman–Crippen MR) is 65.7 cm³/mol. The third kappa shape index (κ3) is 7.70. The fourth-order valence-corrected chi connectivity index (χ4v) is 1.34. The standard InChI is InChI=1S/C11H23N3O3/c1-9(15)12-10(11(16)17-5)8-14(4)7-6-13(2)3/h10H,6-8H2,1-5H3,(H,12,15). The fraction of sp³-hybridized carbons (Fsp3) is 0.818. The Labute approximate surface area is 103 Å². The number of carbonyl (C=O) groups is 2. The van der Waals surface area contributed by atoms with E-state index in [9.17, 15) is 9.59 Å². The smallest absolute Gasteiger partial charge is 0.329 e. The van der Waals surface area contributed by atoms with Crippen LogP contribution in [0, 0.1) is 0 Å². The molecule has 0 aliphatic heterocycles. The zero-order chi connectivity index (χ0) is 13.4. The van der Waals surface area contributed by atoms with E-state index in [1.807, 2.05) is 26.0 Å². The lowest BCUT2D eigenvalue weighted by Crippen LogP contribution is -2.48. The van der Waals surface area contributed by atoms with Gasteiger partial charge < -0.3 is 19.9 Å². The summed E-state index contributed by atoms with van der Waals surface area (Å²) in [5.41, 5.74) is 0. The van der Waals surface area contributed by atoms with E-state index in [4.69, 9.17) is 0 Å². The molecule has 6 nitrogen and oxygen atoms in total. The number of nitrogens with one attached hydrogen (secondary N) is 1. The Bertz CT molecular complexity index is 256. The van der Waals surface area contributed by atoms with Crippen molar-refractivity contribution in [2.75, 3.05) is 47.9 Å². The number of rotatable bonds is 7. The second-order valence-corrected chi connectivity index (χ2v) is 4.34. The first-order valence-electron chi connectivity index (χ1n) is 5.55. The molecular weight excluding hydrogens is 222 g/mol. The second-order valence-electron chi connectivity index (χ2n) is 4.34. The van der Waals surface area contributed by atoms with Crippen molar-refractivity contribution in [2.45, 2.75) is 13.0 Å². The first kappa shape index (κ1) is 15.9. The molecule has 0 aromatic rings. The number of carbonyl (C=O) groups excluding carboxylic acids is 2. The maximum atomic E-state index is 11.4. The minimum absolute atomic E-state index is 0.235. The number of hydrogen-bond donors (Lipinski definition) is 1. The summed E-state index contributed by atoms with van der Waals surface area (Å²) < 4.78 is 4.65. The summed E-state index contributed by atoms with van der Waals surface area (Å²) in [5, 5.41) is 2.58. The van der Waals surface area contributed by atoms with Gasteiger partial charge in [-0.25, -0.2) is 4.79 Å². The van der Waals surface area contributed by atoms with Gasteiger partial charge in [0.05, 0.1) is 7.11 Å². The molecule has 0 aromatic heterocycles. The molecule has 0 bridgehead atoms. The molecule has 0 aliphatic rings. The number of likely N-dealkylation sites (N-methyl/N-ethyl adjacent to an activating group) is 2. The van der Waals surface area contributed by atoms with Gasteiger partial charge in [-0.3, -0.25) is 4.79 Å². The normalized spacial score (nSPS) is 12.6. The van der Waals surface area contributed by atoms with E-state index >= 15 is 0 Å². The average Bonchev–Trinajstić information content (AvgIpc) is 2.23. The minimum atomic E-state index is -0.607. The molecule has 6 heteroatoms. The monoisotopic (exact) mass is 245 g/mol. The Morgan fingerprint density at radius 2 is 1.82 bits per heavy atom. The molecule has 1 unspecified atom stereocenters. The van der Waals surface area contributed by atoms with Crippen LogP contribution in [-0.4, -0.2) is 75.6 Å². The molecule has 0 fully saturated rings. The van der Waals surface area contributed by atoms with E-state index in [1.165, 1.54) is 14.0 Å². The number of nitrogens with zero attached hydrogens (tertiary/aromatic N) is 2. The molecule has 0 rings (SSSR count). The average molecular weight is 245 g/mol. The maximum absolute atomic E-state index is 11.4. The van der Waals surface area contributed by atoms with Crippen molar-refractivity contribution < 1.29 is 14.3 Å². The lowest BCUT2D eigenvalue weighted by Gasteiger charge is -2.24. The zero-order valence-electron chi connectivity index (χ0n) is 11.3. The van der Waals surface area contributed by atoms with Crippen LogP contribution in [0.2, 0.25) is 0 Å². The molecule has 1 N–H and O–H groups in total. The molecule has 0 aromatic carbocycles. The van der Waals surface area contributed by atoms with Gasteiger partial charge in [-0.15, -0.1) is 0 Å². The van der Waals surface area contributed by atoms with Crippen LogP contribution < -0.4 is 5.32 Å². The highest BCUT2D eigenvalue weighted by molar-refractivity contribution is 5.83. The quantitative estimate of drug-likeness (QED) is 0.592. The highest BCUT2D eigenvalue weighted by Gasteiger charge is 2.21. The van der Waals surface area contributed by atoms with Gasteiger partial charge in [0.15, 0.2) is 0 Å². The van der Waals surface area contributed by atoms with Gasteiger partial charge in [-0.2, -0.15) is 0 Å². The molecule has 0 radical (unpaired) electrons. The van der Waals surface area contributed by atoms with Gasteiger partial charge in [0.2, 0.25) is 5.91 Å². The van der Waals surface area contributed by atoms with Crippen LogP contribution in [0.15, 0.2) is 0 Å². The van der Waals surface area contributed by atoms with Crippen molar-refractivity contribution in [3.05, 3.63) is 0 Å². The molecule has 0 spiro atoms. The number of methoxy groups -OCH3 is 1. The van der Waals surface area contributed by atoms with Gasteiger partial charge >= 0.3 is 5.97 Å². The van der Waals surface area contributed by atoms with E-state index in [0.29, 0.717) is 6.54 Å². The van der Waals surface area contributed by atoms with Crippen molar-refractivity contribution in [3.63, 3.8) is 0 Å². The largest absolute Gasteiger partial charge is 0.467 e. The molecule has 0 saturated carbocycles. The van der Waals surface area contributed by atoms with Gasteiger partial charge in [0.25, 0.3) is 0 Å². The molecule has 1 amide bonds. The summed E-state index contributed by atoms with van der Waals surface area (Å²) in [6.45, 7) is 3.54. The summed E-state index contributed by atoms with van der Waals surface area (Å²) in [7, 11) is 7.19. The minimum Gasteiger partial charge on any atom is -0.467 e. The Hall–Kier alpha value is -1.14. The summed E-state index contributed by atoms with van der Waals surface area (Å²) in [4.78, 5) is 26.5. The topological polar surface area (TPSA) is 61.9 Å². The van der Waals surface area contributed by atoms with Crippen LogP contribution in [-0.2, 0) is 14.3 Å². The lowest BCUT2D eigenvalue weighted by atomic mass is 10.2. The fourth-order valence-electron chi connectivity index (χ4n) is 1.34. The zero-order valence-corrected chi connectivity index (χ0v) is 11.3. The summed E-state index contributed by atoms with van der Waals surface area (Å²) in [5.74, 6) is -0.654. The van der Waals surface area contributed by atoms with E-state index in [-0.39, 0.29) is 5.91 Å². The first-order valence-corrected chi connectivity index (χ1v) is 5.55. The van der Waals surface area contributed by atoms with Crippen molar-refractivity contribution in [1.82, 2.24) is 15.1 Å². The third-order valence-electron chi connectivity index (χ3n) is 2.29. The van der Waals surface area contributed by atoms with E-state index in [0.717, 1.165) is 13.1 Å². The van der Waals surface area contributed by atoms with Gasteiger partial charge in [-0.05, 0) is 21.1 Å². The van der Waals surface area contributed by atoms with Crippen molar-refractivity contribution in [1.29, 1.82) is 0 Å². The van der Waals surface area contributed by atoms with Crippen LogP contribution >= 0.6 is 0 Å². The summed E-state index contributed by atoms with van der Waals surface area (Å²) in [6.07, 6.45) is 0. The van der Waals surface area contributed by atoms with Crippen LogP contribution in [0.5, 0.6) is 0 Å². The summed E-state index contributed by atoms with van der Waals surface area (Å²) >= 11 is 0. The number of amides is 1. The Kier molecular flexibility index (Phi) is 7.49. The Morgan fingerprint density at radius 3 is 2.24 bits per heavy atom. The predicted octanol–water partition coefficient (Wildman–Crippen LogP) is -0.842. The third-order valence-corrected chi connectivity index (χ3v) is 2.29. The van der Waals surface area contributed by atoms with Gasteiger partial charge in [0, 0.05) is 26.6 Å². The number of esters is 1. The van der Waals surface area contributed by atoms with Crippen LogP contribution in [0.3, 0.4) is 0 Å². The Balaban J connectivity index is 4.22. The van der Waals surface area contributed by atoms with Crippen molar-refractivity contribution in [2.24, 2.45) is 0 Å². The molecular formula is C11H23N3O3. The van der Waals surface area contributed by atoms with E-state index < -0.39 is 12.0 Å². The molecule has 0 heterocycles. The van der Waals surface area contributed by atoms with E-state index in [1.54, 1.807) is 0 Å².